The molecule has 0 amide bonds. The summed E-state index contributed by atoms with van der Waals surface area (Å²) in [5.41, 5.74) is 1.85. The molecule has 1 N–H and O–H groups in total. The van der Waals surface area contributed by atoms with E-state index in [-0.39, 0.29) is 0 Å². The van der Waals surface area contributed by atoms with Crippen LogP contribution in [0.3, 0.4) is 0 Å². The van der Waals surface area contributed by atoms with Crippen LogP contribution in [0.4, 0.5) is 0 Å². The standard InChI is InChI=1S/C12H14O2S/c1-7-6-11(8(2)14-7)12(13)10-4-5-15-9(10)3/h4-6,12-13H,1-3H3. The minimum Gasteiger partial charge on any atom is -0.466 e. The molecule has 1 unspecified atom stereocenters. The molecule has 2 nitrogen and oxygen atoms in total. The van der Waals surface area contributed by atoms with Gasteiger partial charge in [-0.3, -0.25) is 0 Å². The highest BCUT2D eigenvalue weighted by atomic mass is 32.1. The molecular formula is C12H14O2S. The molecule has 2 heterocycles. The molecule has 0 aliphatic rings. The van der Waals surface area contributed by atoms with Crippen molar-refractivity contribution in [3.8, 4) is 0 Å². The van der Waals surface area contributed by atoms with Gasteiger partial charge in [0, 0.05) is 10.4 Å². The monoisotopic (exact) mass is 222 g/mol. The first-order chi connectivity index (χ1) is 7.09. The Kier molecular flexibility index (Phi) is 2.67. The molecule has 2 aromatic rings. The van der Waals surface area contributed by atoms with Crippen molar-refractivity contribution in [3.05, 3.63) is 45.0 Å². The molecule has 1 atom stereocenters. The molecule has 0 fully saturated rings. The normalized spacial score (nSPS) is 13.1. The van der Waals surface area contributed by atoms with Crippen molar-refractivity contribution >= 4 is 11.3 Å². The zero-order valence-corrected chi connectivity index (χ0v) is 9.89. The summed E-state index contributed by atoms with van der Waals surface area (Å²) in [6.45, 7) is 5.79. The Morgan fingerprint density at radius 2 is 2.00 bits per heavy atom. The van der Waals surface area contributed by atoms with Crippen LogP contribution in [-0.2, 0) is 0 Å². The molecule has 0 aliphatic carbocycles. The molecule has 0 bridgehead atoms. The summed E-state index contributed by atoms with van der Waals surface area (Å²) < 4.78 is 5.42. The number of aryl methyl sites for hydroxylation is 3. The first kappa shape index (κ1) is 10.5. The highest BCUT2D eigenvalue weighted by Gasteiger charge is 2.18. The van der Waals surface area contributed by atoms with Crippen LogP contribution in [0.25, 0.3) is 0 Å². The SMILES string of the molecule is Cc1cc(C(O)c2ccsc2C)c(C)o1. The van der Waals surface area contributed by atoms with Gasteiger partial charge in [-0.1, -0.05) is 0 Å². The number of thiophene rings is 1. The number of hydrogen-bond donors (Lipinski definition) is 1. The lowest BCUT2D eigenvalue weighted by molar-refractivity contribution is 0.218. The van der Waals surface area contributed by atoms with Crippen LogP contribution < -0.4 is 0 Å². The molecule has 2 rings (SSSR count). The Bertz CT molecular complexity index is 468. The average molecular weight is 222 g/mol. The summed E-state index contributed by atoms with van der Waals surface area (Å²) in [4.78, 5) is 1.15. The largest absolute Gasteiger partial charge is 0.466 e. The zero-order valence-electron chi connectivity index (χ0n) is 9.07. The van der Waals surface area contributed by atoms with Crippen molar-refractivity contribution in [2.45, 2.75) is 26.9 Å². The van der Waals surface area contributed by atoms with Gasteiger partial charge in [0.15, 0.2) is 0 Å². The van der Waals surface area contributed by atoms with Crippen molar-refractivity contribution in [1.29, 1.82) is 0 Å². The van der Waals surface area contributed by atoms with E-state index >= 15 is 0 Å². The third-order valence-corrected chi connectivity index (χ3v) is 3.43. The molecule has 15 heavy (non-hydrogen) atoms. The number of aliphatic hydroxyl groups excluding tert-OH is 1. The second kappa shape index (κ2) is 3.83. The quantitative estimate of drug-likeness (QED) is 0.845. The fraction of sp³-hybridized carbons (Fsp3) is 0.333. The Labute approximate surface area is 93.2 Å². The summed E-state index contributed by atoms with van der Waals surface area (Å²) in [5.74, 6) is 1.64. The number of rotatable bonds is 2. The van der Waals surface area contributed by atoms with Gasteiger partial charge in [-0.15, -0.1) is 11.3 Å². The molecule has 0 aromatic carbocycles. The lowest BCUT2D eigenvalue weighted by Crippen LogP contribution is -1.99. The molecule has 0 radical (unpaired) electrons. The van der Waals surface area contributed by atoms with Crippen molar-refractivity contribution < 1.29 is 9.52 Å². The second-order valence-electron chi connectivity index (χ2n) is 3.70. The van der Waals surface area contributed by atoms with Gasteiger partial charge in [-0.05, 0) is 43.8 Å². The molecule has 0 saturated carbocycles. The van der Waals surface area contributed by atoms with Gasteiger partial charge in [0.05, 0.1) is 0 Å². The summed E-state index contributed by atoms with van der Waals surface area (Å²) in [6.07, 6.45) is -0.561. The highest BCUT2D eigenvalue weighted by molar-refractivity contribution is 7.10. The maximum absolute atomic E-state index is 10.2. The Morgan fingerprint density at radius 1 is 1.27 bits per heavy atom. The van der Waals surface area contributed by atoms with Crippen molar-refractivity contribution in [1.82, 2.24) is 0 Å². The lowest BCUT2D eigenvalue weighted by Gasteiger charge is -2.08. The van der Waals surface area contributed by atoms with Gasteiger partial charge in [-0.25, -0.2) is 0 Å². The number of hydrogen-bond acceptors (Lipinski definition) is 3. The van der Waals surface area contributed by atoms with E-state index in [0.29, 0.717) is 0 Å². The third kappa shape index (κ3) is 1.85. The van der Waals surface area contributed by atoms with E-state index in [9.17, 15) is 5.11 Å². The molecule has 0 saturated heterocycles. The predicted octanol–water partition coefficient (Wildman–Crippen LogP) is 3.35. The summed E-state index contributed by atoms with van der Waals surface area (Å²) in [5, 5.41) is 12.2. The molecular weight excluding hydrogens is 208 g/mol. The van der Waals surface area contributed by atoms with E-state index in [2.05, 4.69) is 0 Å². The van der Waals surface area contributed by atoms with Crippen LogP contribution in [0, 0.1) is 20.8 Å². The molecule has 0 spiro atoms. The fourth-order valence-electron chi connectivity index (χ4n) is 1.77. The maximum Gasteiger partial charge on any atom is 0.108 e. The van der Waals surface area contributed by atoms with Crippen LogP contribution in [0.2, 0.25) is 0 Å². The van der Waals surface area contributed by atoms with Gasteiger partial charge in [-0.2, -0.15) is 0 Å². The van der Waals surface area contributed by atoms with Gasteiger partial charge < -0.3 is 9.52 Å². The molecule has 3 heteroatoms. The Hall–Kier alpha value is -1.06. The van der Waals surface area contributed by atoms with E-state index in [1.165, 1.54) is 0 Å². The first-order valence-corrected chi connectivity index (χ1v) is 5.76. The fourth-order valence-corrected chi connectivity index (χ4v) is 2.50. The van der Waals surface area contributed by atoms with E-state index < -0.39 is 6.10 Å². The summed E-state index contributed by atoms with van der Waals surface area (Å²) >= 11 is 1.65. The Balaban J connectivity index is 2.40. The minimum absolute atomic E-state index is 0.561. The topological polar surface area (TPSA) is 33.4 Å². The van der Waals surface area contributed by atoms with E-state index in [1.54, 1.807) is 11.3 Å². The number of aliphatic hydroxyl groups is 1. The average Bonchev–Trinajstić information content (AvgIpc) is 2.71. The second-order valence-corrected chi connectivity index (χ2v) is 4.82. The van der Waals surface area contributed by atoms with Crippen LogP contribution >= 0.6 is 11.3 Å². The molecule has 80 valence electrons. The summed E-state index contributed by atoms with van der Waals surface area (Å²) in [7, 11) is 0. The first-order valence-electron chi connectivity index (χ1n) is 4.88. The van der Waals surface area contributed by atoms with Crippen LogP contribution in [0.15, 0.2) is 21.9 Å². The highest BCUT2D eigenvalue weighted by Crippen LogP contribution is 2.31. The predicted molar refractivity (Wildman–Crippen MR) is 61.3 cm³/mol. The van der Waals surface area contributed by atoms with E-state index in [4.69, 9.17) is 4.42 Å². The molecule has 0 aliphatic heterocycles. The summed E-state index contributed by atoms with van der Waals surface area (Å²) in [6, 6.07) is 3.86. The smallest absolute Gasteiger partial charge is 0.108 e. The van der Waals surface area contributed by atoms with E-state index in [0.717, 1.165) is 27.5 Å². The lowest BCUT2D eigenvalue weighted by atomic mass is 10.0. The number of furan rings is 1. The Morgan fingerprint density at radius 3 is 2.47 bits per heavy atom. The van der Waals surface area contributed by atoms with Crippen LogP contribution in [0.1, 0.15) is 33.6 Å². The minimum atomic E-state index is -0.561. The van der Waals surface area contributed by atoms with Gasteiger partial charge in [0.1, 0.15) is 17.6 Å². The zero-order chi connectivity index (χ0) is 11.0. The van der Waals surface area contributed by atoms with Crippen molar-refractivity contribution in [2.75, 3.05) is 0 Å². The van der Waals surface area contributed by atoms with Crippen LogP contribution in [0.5, 0.6) is 0 Å². The van der Waals surface area contributed by atoms with Crippen molar-refractivity contribution in [2.24, 2.45) is 0 Å². The molecule has 2 aromatic heterocycles. The van der Waals surface area contributed by atoms with E-state index in [1.807, 2.05) is 38.3 Å². The van der Waals surface area contributed by atoms with Gasteiger partial charge >= 0.3 is 0 Å². The van der Waals surface area contributed by atoms with Crippen molar-refractivity contribution in [3.63, 3.8) is 0 Å². The van der Waals surface area contributed by atoms with Gasteiger partial charge in [0.2, 0.25) is 0 Å². The maximum atomic E-state index is 10.2. The third-order valence-electron chi connectivity index (χ3n) is 2.57. The van der Waals surface area contributed by atoms with Crippen LogP contribution in [-0.4, -0.2) is 5.11 Å². The van der Waals surface area contributed by atoms with Gasteiger partial charge in [0.25, 0.3) is 0 Å².